The Balaban J connectivity index is 1.80. The lowest BCUT2D eigenvalue weighted by Crippen LogP contribution is -2.39. The zero-order valence-electron chi connectivity index (χ0n) is 15.2. The summed E-state index contributed by atoms with van der Waals surface area (Å²) >= 11 is 0. The van der Waals surface area contributed by atoms with Crippen molar-refractivity contribution in [2.45, 2.75) is 32.2 Å². The van der Waals surface area contributed by atoms with Crippen LogP contribution in [0.5, 0.6) is 5.75 Å². The number of carbonyl (C=O) groups is 2. The predicted octanol–water partition coefficient (Wildman–Crippen LogP) is 0.780. The van der Waals surface area contributed by atoms with E-state index in [-0.39, 0.29) is 35.8 Å². The molecule has 1 saturated heterocycles. The SMILES string of the molecule is COc1cccc(CCN(CCC(=O)NC2CCS(=O)(=O)C2)C(C)=O)c1. The standard InChI is InChI=1S/C18H26N2O5S/c1-14(21)20(9-6-15-4-3-5-17(12-15)25-2)10-7-18(22)19-16-8-11-26(23,24)13-16/h3-5,12,16H,6-11,13H2,1-2H3,(H,19,22). The second kappa shape index (κ2) is 9.02. The van der Waals surface area contributed by atoms with Crippen LogP contribution in [0.25, 0.3) is 0 Å². The maximum atomic E-state index is 12.0. The Hall–Kier alpha value is -2.09. The highest BCUT2D eigenvalue weighted by Crippen LogP contribution is 2.14. The fourth-order valence-electron chi connectivity index (χ4n) is 2.96. The maximum Gasteiger partial charge on any atom is 0.222 e. The minimum Gasteiger partial charge on any atom is -0.497 e. The van der Waals surface area contributed by atoms with Gasteiger partial charge in [-0.05, 0) is 30.5 Å². The Morgan fingerprint density at radius 3 is 2.69 bits per heavy atom. The molecular weight excluding hydrogens is 356 g/mol. The Morgan fingerprint density at radius 2 is 2.08 bits per heavy atom. The average molecular weight is 382 g/mol. The summed E-state index contributed by atoms with van der Waals surface area (Å²) in [6, 6.07) is 7.34. The lowest BCUT2D eigenvalue weighted by Gasteiger charge is -2.21. The highest BCUT2D eigenvalue weighted by atomic mass is 32.2. The molecular formula is C18H26N2O5S. The van der Waals surface area contributed by atoms with Crippen molar-refractivity contribution in [3.05, 3.63) is 29.8 Å². The Kier molecular flexibility index (Phi) is 7.02. The monoisotopic (exact) mass is 382 g/mol. The van der Waals surface area contributed by atoms with Gasteiger partial charge in [0.25, 0.3) is 0 Å². The summed E-state index contributed by atoms with van der Waals surface area (Å²) in [5.41, 5.74) is 1.05. The molecule has 8 heteroatoms. The van der Waals surface area contributed by atoms with Gasteiger partial charge in [0, 0.05) is 32.5 Å². The average Bonchev–Trinajstić information content (AvgIpc) is 2.93. The molecule has 0 aromatic heterocycles. The van der Waals surface area contributed by atoms with E-state index in [1.807, 2.05) is 24.3 Å². The molecule has 1 aromatic rings. The molecule has 1 atom stereocenters. The molecule has 1 aliphatic rings. The number of sulfone groups is 1. The van der Waals surface area contributed by atoms with E-state index in [0.29, 0.717) is 25.9 Å². The molecule has 0 bridgehead atoms. The van der Waals surface area contributed by atoms with Crippen LogP contribution >= 0.6 is 0 Å². The zero-order chi connectivity index (χ0) is 19.2. The second-order valence-electron chi connectivity index (χ2n) is 6.53. The Bertz CT molecular complexity index is 748. The van der Waals surface area contributed by atoms with E-state index in [9.17, 15) is 18.0 Å². The lowest BCUT2D eigenvalue weighted by molar-refractivity contribution is -0.129. The second-order valence-corrected chi connectivity index (χ2v) is 8.75. The van der Waals surface area contributed by atoms with Crippen LogP contribution in [0.2, 0.25) is 0 Å². The Morgan fingerprint density at radius 1 is 1.31 bits per heavy atom. The first-order valence-electron chi connectivity index (χ1n) is 8.67. The summed E-state index contributed by atoms with van der Waals surface area (Å²) in [6.45, 7) is 2.30. The number of hydrogen-bond acceptors (Lipinski definition) is 5. The molecule has 1 unspecified atom stereocenters. The molecule has 2 rings (SSSR count). The van der Waals surface area contributed by atoms with Gasteiger partial charge >= 0.3 is 0 Å². The van der Waals surface area contributed by atoms with Gasteiger partial charge in [-0.25, -0.2) is 8.42 Å². The van der Waals surface area contributed by atoms with Gasteiger partial charge in [-0.2, -0.15) is 0 Å². The van der Waals surface area contributed by atoms with Gasteiger partial charge in [-0.15, -0.1) is 0 Å². The van der Waals surface area contributed by atoms with E-state index in [2.05, 4.69) is 5.32 Å². The number of benzene rings is 1. The first-order valence-corrected chi connectivity index (χ1v) is 10.5. The van der Waals surface area contributed by atoms with E-state index >= 15 is 0 Å². The van der Waals surface area contributed by atoms with Crippen LogP contribution in [0.15, 0.2) is 24.3 Å². The number of hydrogen-bond donors (Lipinski definition) is 1. The summed E-state index contributed by atoms with van der Waals surface area (Å²) in [6.07, 6.45) is 1.29. The number of rotatable bonds is 8. The quantitative estimate of drug-likeness (QED) is 0.717. The third-order valence-corrected chi connectivity index (χ3v) is 6.22. The molecule has 0 spiro atoms. The normalized spacial score (nSPS) is 18.3. The Labute approximate surface area is 154 Å². The van der Waals surface area contributed by atoms with Crippen molar-refractivity contribution in [1.29, 1.82) is 0 Å². The van der Waals surface area contributed by atoms with Crippen molar-refractivity contribution < 1.29 is 22.7 Å². The summed E-state index contributed by atoms with van der Waals surface area (Å²) in [4.78, 5) is 25.5. The smallest absolute Gasteiger partial charge is 0.222 e. The first kappa shape index (κ1) is 20.2. The summed E-state index contributed by atoms with van der Waals surface area (Å²) in [5.74, 6) is 0.579. The molecule has 1 aromatic carbocycles. The van der Waals surface area contributed by atoms with Gasteiger partial charge < -0.3 is 15.0 Å². The van der Waals surface area contributed by atoms with E-state index in [1.54, 1.807) is 12.0 Å². The molecule has 1 heterocycles. The third kappa shape index (κ3) is 6.33. The molecule has 0 radical (unpaired) electrons. The molecule has 1 N–H and O–H groups in total. The minimum atomic E-state index is -3.02. The van der Waals surface area contributed by atoms with Crippen LogP contribution in [0.4, 0.5) is 0 Å². The summed E-state index contributed by atoms with van der Waals surface area (Å²) in [5, 5.41) is 2.75. The molecule has 1 fully saturated rings. The lowest BCUT2D eigenvalue weighted by atomic mass is 10.1. The van der Waals surface area contributed by atoms with Crippen LogP contribution < -0.4 is 10.1 Å². The highest BCUT2D eigenvalue weighted by molar-refractivity contribution is 7.91. The van der Waals surface area contributed by atoms with Crippen LogP contribution in [-0.2, 0) is 25.8 Å². The van der Waals surface area contributed by atoms with Crippen LogP contribution in [0.1, 0.15) is 25.3 Å². The highest BCUT2D eigenvalue weighted by Gasteiger charge is 2.28. The van der Waals surface area contributed by atoms with Crippen molar-refractivity contribution >= 4 is 21.7 Å². The molecule has 1 aliphatic heterocycles. The third-order valence-electron chi connectivity index (χ3n) is 4.46. The first-order chi connectivity index (χ1) is 12.3. The fourth-order valence-corrected chi connectivity index (χ4v) is 4.64. The van der Waals surface area contributed by atoms with E-state index in [0.717, 1.165) is 11.3 Å². The molecule has 2 amide bonds. The van der Waals surface area contributed by atoms with Crippen molar-refractivity contribution in [2.75, 3.05) is 31.7 Å². The van der Waals surface area contributed by atoms with Gasteiger partial charge in [-0.1, -0.05) is 12.1 Å². The predicted molar refractivity (Wildman–Crippen MR) is 98.8 cm³/mol. The van der Waals surface area contributed by atoms with Crippen LogP contribution in [-0.4, -0.2) is 62.9 Å². The van der Waals surface area contributed by atoms with E-state index in [1.165, 1.54) is 6.92 Å². The molecule has 144 valence electrons. The summed E-state index contributed by atoms with van der Waals surface area (Å²) < 4.78 is 28.1. The van der Waals surface area contributed by atoms with Crippen molar-refractivity contribution in [1.82, 2.24) is 10.2 Å². The maximum absolute atomic E-state index is 12.0. The number of ether oxygens (including phenoxy) is 1. The van der Waals surface area contributed by atoms with E-state index < -0.39 is 9.84 Å². The number of amides is 2. The fraction of sp³-hybridized carbons (Fsp3) is 0.556. The van der Waals surface area contributed by atoms with Gasteiger partial charge in [0.15, 0.2) is 9.84 Å². The largest absolute Gasteiger partial charge is 0.497 e. The van der Waals surface area contributed by atoms with Crippen molar-refractivity contribution in [3.63, 3.8) is 0 Å². The van der Waals surface area contributed by atoms with Gasteiger partial charge in [0.1, 0.15) is 5.75 Å². The molecule has 7 nitrogen and oxygen atoms in total. The number of carbonyl (C=O) groups excluding carboxylic acids is 2. The van der Waals surface area contributed by atoms with Gasteiger partial charge in [0.2, 0.25) is 11.8 Å². The zero-order valence-corrected chi connectivity index (χ0v) is 16.0. The minimum absolute atomic E-state index is 0.00496. The summed E-state index contributed by atoms with van der Waals surface area (Å²) in [7, 11) is -1.41. The molecule has 0 saturated carbocycles. The van der Waals surface area contributed by atoms with E-state index in [4.69, 9.17) is 4.74 Å². The molecule has 26 heavy (non-hydrogen) atoms. The number of nitrogens with zero attached hydrogens (tertiary/aromatic N) is 1. The topological polar surface area (TPSA) is 92.8 Å². The van der Waals surface area contributed by atoms with Gasteiger partial charge in [-0.3, -0.25) is 9.59 Å². The molecule has 0 aliphatic carbocycles. The van der Waals surface area contributed by atoms with Crippen molar-refractivity contribution in [3.8, 4) is 5.75 Å². The number of nitrogens with one attached hydrogen (secondary N) is 1. The van der Waals surface area contributed by atoms with Crippen molar-refractivity contribution in [2.24, 2.45) is 0 Å². The van der Waals surface area contributed by atoms with Gasteiger partial charge in [0.05, 0.1) is 18.6 Å². The number of methoxy groups -OCH3 is 1. The van der Waals surface area contributed by atoms with Crippen LogP contribution in [0, 0.1) is 0 Å². The van der Waals surface area contributed by atoms with Crippen LogP contribution in [0.3, 0.4) is 0 Å².